The predicted octanol–water partition coefficient (Wildman–Crippen LogP) is 3.03. The van der Waals surface area contributed by atoms with Crippen LogP contribution >= 0.6 is 11.3 Å². The number of H-pyrrole nitrogens is 1. The lowest BCUT2D eigenvalue weighted by molar-refractivity contribution is -0.116. The van der Waals surface area contributed by atoms with Gasteiger partial charge in [-0.1, -0.05) is 18.2 Å². The average molecular weight is 383 g/mol. The molecule has 2 aromatic heterocycles. The number of fused-ring (bicyclic) bond motifs is 3. The third kappa shape index (κ3) is 3.80. The summed E-state index contributed by atoms with van der Waals surface area (Å²) in [5.74, 6) is -0.152. The van der Waals surface area contributed by atoms with Gasteiger partial charge in [0.25, 0.3) is 0 Å². The molecule has 0 spiro atoms. The average Bonchev–Trinajstić information content (AvgIpc) is 3.23. The van der Waals surface area contributed by atoms with Crippen LogP contribution in [0.2, 0.25) is 0 Å². The van der Waals surface area contributed by atoms with Crippen molar-refractivity contribution >= 4 is 39.3 Å². The number of aryl methyl sites for hydroxylation is 1. The molecule has 0 saturated carbocycles. The molecule has 3 aromatic rings. The van der Waals surface area contributed by atoms with E-state index in [1.165, 1.54) is 22.3 Å². The van der Waals surface area contributed by atoms with Gasteiger partial charge in [0.15, 0.2) is 5.13 Å². The van der Waals surface area contributed by atoms with Crippen LogP contribution in [0.5, 0.6) is 0 Å². The number of carbonyl (C=O) groups excluding carboxylic acids is 2. The van der Waals surface area contributed by atoms with Crippen molar-refractivity contribution in [3.05, 3.63) is 46.6 Å². The Morgan fingerprint density at radius 2 is 2.19 bits per heavy atom. The van der Waals surface area contributed by atoms with Gasteiger partial charge < -0.3 is 20.5 Å². The van der Waals surface area contributed by atoms with Crippen molar-refractivity contribution in [1.29, 1.82) is 0 Å². The summed E-state index contributed by atoms with van der Waals surface area (Å²) in [6.07, 6.45) is 2.77. The number of benzene rings is 1. The van der Waals surface area contributed by atoms with Gasteiger partial charge in [0.05, 0.1) is 6.54 Å². The molecule has 4 rings (SSSR count). The number of anilines is 1. The molecule has 8 heteroatoms. The fraction of sp³-hybridized carbons (Fsp3) is 0.316. The van der Waals surface area contributed by atoms with E-state index in [2.05, 4.69) is 32.7 Å². The Labute approximate surface area is 160 Å². The molecule has 7 nitrogen and oxygen atoms in total. The minimum absolute atomic E-state index is 0.141. The molecular formula is C19H21N5O2S. The summed E-state index contributed by atoms with van der Waals surface area (Å²) < 4.78 is 0. The fourth-order valence-electron chi connectivity index (χ4n) is 3.36. The van der Waals surface area contributed by atoms with Crippen molar-refractivity contribution in [2.75, 3.05) is 18.4 Å². The van der Waals surface area contributed by atoms with E-state index in [9.17, 15) is 9.59 Å². The lowest BCUT2D eigenvalue weighted by Gasteiger charge is -2.27. The number of urea groups is 1. The molecule has 0 atom stereocenters. The van der Waals surface area contributed by atoms with E-state index in [-0.39, 0.29) is 18.4 Å². The zero-order chi connectivity index (χ0) is 18.8. The number of carbonyl (C=O) groups is 2. The van der Waals surface area contributed by atoms with Crippen molar-refractivity contribution in [2.45, 2.75) is 26.3 Å². The molecule has 1 aliphatic heterocycles. The molecule has 140 valence electrons. The molecule has 3 amide bonds. The Kier molecular flexibility index (Phi) is 4.81. The summed E-state index contributed by atoms with van der Waals surface area (Å²) in [5.41, 5.74) is 3.50. The van der Waals surface area contributed by atoms with E-state index < -0.39 is 0 Å². The summed E-state index contributed by atoms with van der Waals surface area (Å²) in [6.45, 7) is 3.46. The highest BCUT2D eigenvalue weighted by molar-refractivity contribution is 7.15. The Morgan fingerprint density at radius 3 is 3.00 bits per heavy atom. The van der Waals surface area contributed by atoms with Gasteiger partial charge in [-0.3, -0.25) is 4.79 Å². The molecule has 1 aromatic carbocycles. The second-order valence-corrected chi connectivity index (χ2v) is 7.84. The standard InChI is InChI=1S/C19H21N5O2S/c1-12-10-21-18(27-12)23-17(25)6-8-20-19(26)24-9-7-14-13-4-2-3-5-15(13)22-16(14)11-24/h2-5,10,22H,6-9,11H2,1H3,(H,20,26)(H,21,23,25). The summed E-state index contributed by atoms with van der Waals surface area (Å²) in [4.78, 5) is 34.7. The first kappa shape index (κ1) is 17.5. The SMILES string of the molecule is Cc1cnc(NC(=O)CCNC(=O)N2CCc3c([nH]c4ccccc34)C2)s1. The second kappa shape index (κ2) is 7.40. The molecular weight excluding hydrogens is 362 g/mol. The van der Waals surface area contributed by atoms with Crippen molar-refractivity contribution in [2.24, 2.45) is 0 Å². The molecule has 27 heavy (non-hydrogen) atoms. The maximum Gasteiger partial charge on any atom is 0.317 e. The van der Waals surface area contributed by atoms with Gasteiger partial charge in [-0.25, -0.2) is 9.78 Å². The molecule has 0 unspecified atom stereocenters. The zero-order valence-electron chi connectivity index (χ0n) is 15.0. The van der Waals surface area contributed by atoms with Crippen molar-refractivity contribution in [3.8, 4) is 0 Å². The van der Waals surface area contributed by atoms with Crippen LogP contribution in [0.1, 0.15) is 22.6 Å². The number of hydrogen-bond acceptors (Lipinski definition) is 4. The van der Waals surface area contributed by atoms with Crippen LogP contribution in [0.4, 0.5) is 9.93 Å². The van der Waals surface area contributed by atoms with Crippen LogP contribution in [-0.4, -0.2) is 39.9 Å². The predicted molar refractivity (Wildman–Crippen MR) is 106 cm³/mol. The topological polar surface area (TPSA) is 90.1 Å². The first-order valence-corrected chi connectivity index (χ1v) is 9.75. The molecule has 0 bridgehead atoms. The number of nitrogens with one attached hydrogen (secondary N) is 3. The Bertz CT molecular complexity index is 993. The quantitative estimate of drug-likeness (QED) is 0.647. The monoisotopic (exact) mass is 383 g/mol. The zero-order valence-corrected chi connectivity index (χ0v) is 15.9. The third-order valence-corrected chi connectivity index (χ3v) is 5.49. The number of thiazole rings is 1. The summed E-state index contributed by atoms with van der Waals surface area (Å²) in [5, 5.41) is 7.40. The van der Waals surface area contributed by atoms with Crippen LogP contribution in [0.3, 0.4) is 0 Å². The lowest BCUT2D eigenvalue weighted by atomic mass is 10.0. The van der Waals surface area contributed by atoms with Crippen LogP contribution in [0.15, 0.2) is 30.5 Å². The largest absolute Gasteiger partial charge is 0.357 e. The smallest absolute Gasteiger partial charge is 0.317 e. The summed E-state index contributed by atoms with van der Waals surface area (Å²) >= 11 is 1.43. The van der Waals surface area contributed by atoms with E-state index in [0.717, 1.165) is 22.5 Å². The Hall–Kier alpha value is -2.87. The number of aromatic nitrogens is 2. The van der Waals surface area contributed by atoms with Crippen molar-refractivity contribution in [1.82, 2.24) is 20.2 Å². The third-order valence-electron chi connectivity index (χ3n) is 4.67. The number of amides is 3. The molecule has 1 aliphatic rings. The number of rotatable bonds is 4. The van der Waals surface area contributed by atoms with Crippen molar-refractivity contribution < 1.29 is 9.59 Å². The van der Waals surface area contributed by atoms with Gasteiger partial charge in [0.2, 0.25) is 5.91 Å². The molecule has 3 heterocycles. The van der Waals surface area contributed by atoms with Gasteiger partial charge in [0.1, 0.15) is 0 Å². The number of para-hydroxylation sites is 1. The van der Waals surface area contributed by atoms with Gasteiger partial charge in [-0.2, -0.15) is 0 Å². The van der Waals surface area contributed by atoms with E-state index in [1.54, 1.807) is 11.1 Å². The highest BCUT2D eigenvalue weighted by Gasteiger charge is 2.23. The van der Waals surface area contributed by atoms with Gasteiger partial charge in [0, 0.05) is 47.2 Å². The van der Waals surface area contributed by atoms with Gasteiger partial charge >= 0.3 is 6.03 Å². The maximum atomic E-state index is 12.4. The van der Waals surface area contributed by atoms with E-state index in [1.807, 2.05) is 19.1 Å². The first-order valence-electron chi connectivity index (χ1n) is 8.93. The van der Waals surface area contributed by atoms with Crippen LogP contribution < -0.4 is 10.6 Å². The number of hydrogen-bond donors (Lipinski definition) is 3. The van der Waals surface area contributed by atoms with Crippen molar-refractivity contribution in [3.63, 3.8) is 0 Å². The fourth-order valence-corrected chi connectivity index (χ4v) is 4.04. The molecule has 0 aliphatic carbocycles. The second-order valence-electron chi connectivity index (χ2n) is 6.61. The van der Waals surface area contributed by atoms with Crippen LogP contribution in [0.25, 0.3) is 10.9 Å². The van der Waals surface area contributed by atoms with Crippen LogP contribution in [-0.2, 0) is 17.8 Å². The maximum absolute atomic E-state index is 12.4. The highest BCUT2D eigenvalue weighted by Crippen LogP contribution is 2.27. The minimum Gasteiger partial charge on any atom is -0.357 e. The normalized spacial score (nSPS) is 13.4. The highest BCUT2D eigenvalue weighted by atomic mass is 32.1. The molecule has 3 N–H and O–H groups in total. The first-order chi connectivity index (χ1) is 13.1. The van der Waals surface area contributed by atoms with E-state index in [4.69, 9.17) is 0 Å². The van der Waals surface area contributed by atoms with E-state index >= 15 is 0 Å². The van der Waals surface area contributed by atoms with Crippen LogP contribution in [0, 0.1) is 6.92 Å². The Morgan fingerprint density at radius 1 is 1.33 bits per heavy atom. The number of aromatic amines is 1. The van der Waals surface area contributed by atoms with Gasteiger partial charge in [-0.05, 0) is 25.0 Å². The number of nitrogens with zero attached hydrogens (tertiary/aromatic N) is 2. The minimum atomic E-state index is -0.152. The molecule has 0 fully saturated rings. The molecule has 0 saturated heterocycles. The summed E-state index contributed by atoms with van der Waals surface area (Å²) in [7, 11) is 0. The van der Waals surface area contributed by atoms with E-state index in [0.29, 0.717) is 24.8 Å². The Balaban J connectivity index is 1.28. The van der Waals surface area contributed by atoms with Gasteiger partial charge in [-0.15, -0.1) is 11.3 Å². The lowest BCUT2D eigenvalue weighted by Crippen LogP contribution is -2.43. The molecule has 0 radical (unpaired) electrons. The summed E-state index contributed by atoms with van der Waals surface area (Å²) in [6, 6.07) is 8.07.